The van der Waals surface area contributed by atoms with Gasteiger partial charge in [-0.15, -0.1) is 11.3 Å². The minimum absolute atomic E-state index is 0.0110. The molecule has 2 unspecified atom stereocenters. The third kappa shape index (κ3) is 2.30. The van der Waals surface area contributed by atoms with Crippen molar-refractivity contribution in [2.75, 3.05) is 0 Å². The second-order valence-electron chi connectivity index (χ2n) is 4.96. The van der Waals surface area contributed by atoms with Crippen LogP contribution < -0.4 is 5.73 Å². The average Bonchev–Trinajstić information content (AvgIpc) is 2.95. The lowest BCUT2D eigenvalue weighted by molar-refractivity contribution is 0.505. The minimum atomic E-state index is 0.0110. The van der Waals surface area contributed by atoms with E-state index in [9.17, 15) is 0 Å². The van der Waals surface area contributed by atoms with E-state index in [4.69, 9.17) is 5.73 Å². The lowest BCUT2D eigenvalue weighted by Crippen LogP contribution is -2.30. The monoisotopic (exact) mass is 349 g/mol. The number of hydrogen-bond acceptors (Lipinski definition) is 3. The maximum atomic E-state index is 6.27. The molecule has 104 valence electrons. The van der Waals surface area contributed by atoms with Crippen LogP contribution >= 0.6 is 27.3 Å². The Balaban J connectivity index is 2.22. The molecule has 2 N–H and O–H groups in total. The van der Waals surface area contributed by atoms with E-state index in [2.05, 4.69) is 43.7 Å². The number of para-hydroxylation sites is 2. The number of aryl methyl sites for hydroxylation is 1. The summed E-state index contributed by atoms with van der Waals surface area (Å²) in [5, 5.41) is 0. The first-order chi connectivity index (χ1) is 9.58. The number of fused-ring (bicyclic) bond motifs is 1. The molecule has 3 nitrogen and oxygen atoms in total. The Morgan fingerprint density at radius 1 is 1.25 bits per heavy atom. The van der Waals surface area contributed by atoms with Crippen LogP contribution in [0.25, 0.3) is 11.0 Å². The standard InChI is InChI=1S/C15H16BrN3S/c1-9(17)15(13-7-8-14(16)20-13)19-10(2)18-11-5-3-4-6-12(11)19/h3-9,15H,17H2,1-2H3. The largest absolute Gasteiger partial charge is 0.326 e. The summed E-state index contributed by atoms with van der Waals surface area (Å²) in [6.45, 7) is 4.09. The molecular weight excluding hydrogens is 334 g/mol. The molecule has 2 heterocycles. The highest BCUT2D eigenvalue weighted by atomic mass is 79.9. The van der Waals surface area contributed by atoms with Gasteiger partial charge in [0, 0.05) is 10.9 Å². The van der Waals surface area contributed by atoms with Gasteiger partial charge in [0.25, 0.3) is 0 Å². The summed E-state index contributed by atoms with van der Waals surface area (Å²) in [6, 6.07) is 12.5. The number of imidazole rings is 1. The Morgan fingerprint density at radius 2 is 2.00 bits per heavy atom. The smallest absolute Gasteiger partial charge is 0.107 e. The number of halogens is 1. The van der Waals surface area contributed by atoms with Crippen LogP contribution in [0.1, 0.15) is 23.7 Å². The number of rotatable bonds is 3. The SMILES string of the molecule is Cc1nc2ccccc2n1C(c1ccc(Br)s1)C(C)N. The first-order valence-corrected chi connectivity index (χ1v) is 8.13. The van der Waals surface area contributed by atoms with Crippen LogP contribution in [0.3, 0.4) is 0 Å². The van der Waals surface area contributed by atoms with Gasteiger partial charge in [-0.3, -0.25) is 0 Å². The summed E-state index contributed by atoms with van der Waals surface area (Å²) in [5.41, 5.74) is 8.43. The molecule has 0 aliphatic rings. The molecule has 0 fully saturated rings. The van der Waals surface area contributed by atoms with Crippen molar-refractivity contribution in [2.45, 2.75) is 25.9 Å². The summed E-state index contributed by atoms with van der Waals surface area (Å²) in [5.74, 6) is 0.998. The highest BCUT2D eigenvalue weighted by Crippen LogP contribution is 2.34. The van der Waals surface area contributed by atoms with Crippen molar-refractivity contribution in [3.8, 4) is 0 Å². The number of benzene rings is 1. The third-order valence-electron chi connectivity index (χ3n) is 3.43. The van der Waals surface area contributed by atoms with Crippen LogP contribution in [0.15, 0.2) is 40.2 Å². The van der Waals surface area contributed by atoms with E-state index in [0.717, 1.165) is 20.6 Å². The van der Waals surface area contributed by atoms with Crippen LogP contribution in [0.5, 0.6) is 0 Å². The molecule has 0 spiro atoms. The maximum Gasteiger partial charge on any atom is 0.107 e. The number of nitrogens with zero attached hydrogens (tertiary/aromatic N) is 2. The van der Waals surface area contributed by atoms with Gasteiger partial charge in [-0.1, -0.05) is 12.1 Å². The van der Waals surface area contributed by atoms with E-state index in [-0.39, 0.29) is 12.1 Å². The maximum absolute atomic E-state index is 6.27. The average molecular weight is 350 g/mol. The summed E-state index contributed by atoms with van der Waals surface area (Å²) < 4.78 is 3.37. The molecule has 0 bridgehead atoms. The van der Waals surface area contributed by atoms with Gasteiger partial charge in [0.2, 0.25) is 0 Å². The van der Waals surface area contributed by atoms with Crippen LogP contribution in [-0.4, -0.2) is 15.6 Å². The second kappa shape index (κ2) is 5.31. The van der Waals surface area contributed by atoms with Crippen molar-refractivity contribution in [1.29, 1.82) is 0 Å². The van der Waals surface area contributed by atoms with E-state index in [1.165, 1.54) is 4.88 Å². The molecule has 3 rings (SSSR count). The van der Waals surface area contributed by atoms with Gasteiger partial charge in [0.05, 0.1) is 20.9 Å². The van der Waals surface area contributed by atoms with Crippen LogP contribution in [0, 0.1) is 6.92 Å². The molecule has 2 atom stereocenters. The molecule has 5 heteroatoms. The van der Waals surface area contributed by atoms with Gasteiger partial charge in [-0.05, 0) is 54.0 Å². The van der Waals surface area contributed by atoms with E-state index >= 15 is 0 Å². The fourth-order valence-electron chi connectivity index (χ4n) is 2.62. The lowest BCUT2D eigenvalue weighted by Gasteiger charge is -2.23. The van der Waals surface area contributed by atoms with Gasteiger partial charge in [-0.2, -0.15) is 0 Å². The van der Waals surface area contributed by atoms with E-state index in [1.54, 1.807) is 11.3 Å². The Labute approximate surface area is 130 Å². The van der Waals surface area contributed by atoms with E-state index in [1.807, 2.05) is 32.0 Å². The molecule has 0 saturated carbocycles. The zero-order valence-electron chi connectivity index (χ0n) is 11.4. The molecule has 0 radical (unpaired) electrons. The normalized spacial score (nSPS) is 14.6. The topological polar surface area (TPSA) is 43.8 Å². The van der Waals surface area contributed by atoms with Crippen molar-refractivity contribution >= 4 is 38.3 Å². The Hall–Kier alpha value is -1.17. The zero-order valence-corrected chi connectivity index (χ0v) is 13.8. The number of hydrogen-bond donors (Lipinski definition) is 1. The first kappa shape index (κ1) is 13.8. The van der Waals surface area contributed by atoms with Gasteiger partial charge >= 0.3 is 0 Å². The summed E-state index contributed by atoms with van der Waals surface area (Å²) in [4.78, 5) is 5.90. The predicted octanol–water partition coefficient (Wildman–Crippen LogP) is 4.11. The summed E-state index contributed by atoms with van der Waals surface area (Å²) in [6.07, 6.45) is 0. The van der Waals surface area contributed by atoms with Gasteiger partial charge in [0.1, 0.15) is 5.82 Å². The molecule has 0 amide bonds. The number of nitrogens with two attached hydrogens (primary N) is 1. The molecule has 1 aromatic carbocycles. The highest BCUT2D eigenvalue weighted by molar-refractivity contribution is 9.11. The van der Waals surface area contributed by atoms with Gasteiger partial charge in [0.15, 0.2) is 0 Å². The number of thiophene rings is 1. The van der Waals surface area contributed by atoms with Crippen molar-refractivity contribution in [3.63, 3.8) is 0 Å². The van der Waals surface area contributed by atoms with E-state index in [0.29, 0.717) is 0 Å². The summed E-state index contributed by atoms with van der Waals surface area (Å²) >= 11 is 5.26. The molecule has 0 aliphatic carbocycles. The summed E-state index contributed by atoms with van der Waals surface area (Å²) in [7, 11) is 0. The van der Waals surface area contributed by atoms with E-state index < -0.39 is 0 Å². The molecule has 20 heavy (non-hydrogen) atoms. The quantitative estimate of drug-likeness (QED) is 0.773. The van der Waals surface area contributed by atoms with Crippen LogP contribution in [0.2, 0.25) is 0 Å². The van der Waals surface area contributed by atoms with Crippen LogP contribution in [0.4, 0.5) is 0 Å². The Bertz CT molecular complexity index is 744. The second-order valence-corrected chi connectivity index (χ2v) is 7.46. The van der Waals surface area contributed by atoms with Crippen LogP contribution in [-0.2, 0) is 0 Å². The van der Waals surface area contributed by atoms with Crippen molar-refractivity contribution in [1.82, 2.24) is 9.55 Å². The van der Waals surface area contributed by atoms with Gasteiger partial charge < -0.3 is 10.3 Å². The minimum Gasteiger partial charge on any atom is -0.326 e. The Kier molecular flexibility index (Phi) is 3.67. The van der Waals surface area contributed by atoms with Crippen molar-refractivity contribution in [3.05, 3.63) is 50.9 Å². The third-order valence-corrected chi connectivity index (χ3v) is 5.13. The van der Waals surface area contributed by atoms with Crippen molar-refractivity contribution < 1.29 is 0 Å². The van der Waals surface area contributed by atoms with Crippen molar-refractivity contribution in [2.24, 2.45) is 5.73 Å². The van der Waals surface area contributed by atoms with Gasteiger partial charge in [-0.25, -0.2) is 4.98 Å². The first-order valence-electron chi connectivity index (χ1n) is 6.52. The fraction of sp³-hybridized carbons (Fsp3) is 0.267. The molecule has 0 aliphatic heterocycles. The lowest BCUT2D eigenvalue weighted by atomic mass is 10.1. The molecule has 2 aromatic heterocycles. The fourth-order valence-corrected chi connectivity index (χ4v) is 4.26. The zero-order chi connectivity index (χ0) is 14.3. The number of aromatic nitrogens is 2. The molecular formula is C15H16BrN3S. The Morgan fingerprint density at radius 3 is 2.65 bits per heavy atom. The highest BCUT2D eigenvalue weighted by Gasteiger charge is 2.23. The molecule has 0 saturated heterocycles. The molecule has 3 aromatic rings. The predicted molar refractivity (Wildman–Crippen MR) is 88.3 cm³/mol.